The van der Waals surface area contributed by atoms with Crippen molar-refractivity contribution in [1.82, 2.24) is 4.98 Å². The van der Waals surface area contributed by atoms with Gasteiger partial charge in [0.2, 0.25) is 0 Å². The summed E-state index contributed by atoms with van der Waals surface area (Å²) in [5, 5.41) is 9.20. The number of rotatable bonds is 6. The summed E-state index contributed by atoms with van der Waals surface area (Å²) in [6.45, 7) is 5.08. The Bertz CT molecular complexity index is 421. The van der Waals surface area contributed by atoms with E-state index in [1.54, 1.807) is 7.11 Å². The highest BCUT2D eigenvalue weighted by molar-refractivity contribution is 5.95. The Morgan fingerprint density at radius 2 is 2.28 bits per heavy atom. The van der Waals surface area contributed by atoms with Gasteiger partial charge in [0.05, 0.1) is 24.1 Å². The molecule has 0 aliphatic heterocycles. The van der Waals surface area contributed by atoms with Crippen LogP contribution in [0.4, 0.5) is 11.5 Å². The second-order valence-electron chi connectivity index (χ2n) is 4.21. The van der Waals surface area contributed by atoms with Gasteiger partial charge < -0.3 is 20.5 Å². The van der Waals surface area contributed by atoms with Gasteiger partial charge in [-0.1, -0.05) is 0 Å². The number of aromatic nitrogens is 1. The molecule has 0 fully saturated rings. The summed E-state index contributed by atoms with van der Waals surface area (Å²) in [5.41, 5.74) is 6.24. The standard InChI is InChI=1S/C12H19N3O3/c1-8(2)15(4-5-18-3)10-7-14-11(13)6-9(10)12(16)17/h6-8H,4-5H2,1-3H3,(H2,13,14)(H,16,17). The molecule has 0 saturated carbocycles. The van der Waals surface area contributed by atoms with E-state index in [1.807, 2.05) is 18.7 Å². The topological polar surface area (TPSA) is 88.7 Å². The summed E-state index contributed by atoms with van der Waals surface area (Å²) >= 11 is 0. The smallest absolute Gasteiger partial charge is 0.338 e. The second-order valence-corrected chi connectivity index (χ2v) is 4.21. The van der Waals surface area contributed by atoms with Crippen LogP contribution in [0.2, 0.25) is 0 Å². The molecule has 0 aliphatic carbocycles. The fourth-order valence-corrected chi connectivity index (χ4v) is 1.71. The van der Waals surface area contributed by atoms with Crippen LogP contribution in [-0.2, 0) is 4.74 Å². The van der Waals surface area contributed by atoms with Gasteiger partial charge in [0.25, 0.3) is 0 Å². The predicted molar refractivity (Wildman–Crippen MR) is 70.0 cm³/mol. The second kappa shape index (κ2) is 6.20. The third-order valence-corrected chi connectivity index (χ3v) is 2.60. The number of ether oxygens (including phenoxy) is 1. The third kappa shape index (κ3) is 3.33. The minimum atomic E-state index is -1.01. The lowest BCUT2D eigenvalue weighted by atomic mass is 10.1. The summed E-state index contributed by atoms with van der Waals surface area (Å²) in [5.74, 6) is -0.811. The van der Waals surface area contributed by atoms with E-state index in [2.05, 4.69) is 4.98 Å². The highest BCUT2D eigenvalue weighted by atomic mass is 16.5. The first-order valence-electron chi connectivity index (χ1n) is 5.71. The summed E-state index contributed by atoms with van der Waals surface area (Å²) in [6.07, 6.45) is 1.49. The van der Waals surface area contributed by atoms with Crippen molar-refractivity contribution in [3.8, 4) is 0 Å². The summed E-state index contributed by atoms with van der Waals surface area (Å²) < 4.78 is 5.03. The van der Waals surface area contributed by atoms with Crippen molar-refractivity contribution in [2.45, 2.75) is 19.9 Å². The number of pyridine rings is 1. The number of hydrogen-bond donors (Lipinski definition) is 2. The van der Waals surface area contributed by atoms with Gasteiger partial charge in [-0.3, -0.25) is 0 Å². The van der Waals surface area contributed by atoms with E-state index in [0.29, 0.717) is 18.8 Å². The van der Waals surface area contributed by atoms with Crippen molar-refractivity contribution in [2.75, 3.05) is 30.9 Å². The normalized spacial score (nSPS) is 10.7. The fraction of sp³-hybridized carbons (Fsp3) is 0.500. The van der Waals surface area contributed by atoms with Crippen LogP contribution < -0.4 is 10.6 Å². The van der Waals surface area contributed by atoms with Crippen molar-refractivity contribution in [3.63, 3.8) is 0 Å². The van der Waals surface area contributed by atoms with E-state index in [0.717, 1.165) is 0 Å². The Hall–Kier alpha value is -1.82. The van der Waals surface area contributed by atoms with Crippen LogP contribution in [0.15, 0.2) is 12.3 Å². The molecule has 6 heteroatoms. The van der Waals surface area contributed by atoms with E-state index in [-0.39, 0.29) is 17.4 Å². The maximum absolute atomic E-state index is 11.2. The summed E-state index contributed by atoms with van der Waals surface area (Å²) in [6, 6.07) is 1.52. The first-order chi connectivity index (χ1) is 8.47. The Balaban J connectivity index is 3.14. The molecule has 6 nitrogen and oxygen atoms in total. The minimum Gasteiger partial charge on any atom is -0.478 e. The van der Waals surface area contributed by atoms with Crippen LogP contribution in [0.5, 0.6) is 0 Å². The average Bonchev–Trinajstić information content (AvgIpc) is 2.30. The quantitative estimate of drug-likeness (QED) is 0.792. The Labute approximate surface area is 106 Å². The molecular formula is C12H19N3O3. The van der Waals surface area contributed by atoms with Crippen LogP contribution in [-0.4, -0.2) is 42.4 Å². The van der Waals surface area contributed by atoms with Crippen molar-refractivity contribution in [1.29, 1.82) is 0 Å². The van der Waals surface area contributed by atoms with Crippen LogP contribution >= 0.6 is 0 Å². The van der Waals surface area contributed by atoms with E-state index >= 15 is 0 Å². The molecule has 0 saturated heterocycles. The number of aromatic carboxylic acids is 1. The lowest BCUT2D eigenvalue weighted by molar-refractivity contribution is 0.0697. The number of carbonyl (C=O) groups is 1. The van der Waals surface area contributed by atoms with Gasteiger partial charge >= 0.3 is 5.97 Å². The SMILES string of the molecule is COCCN(c1cnc(N)cc1C(=O)O)C(C)C. The molecule has 1 aromatic rings. The molecule has 0 atom stereocenters. The van der Waals surface area contributed by atoms with Crippen LogP contribution in [0, 0.1) is 0 Å². The lowest BCUT2D eigenvalue weighted by Crippen LogP contribution is -2.35. The zero-order valence-corrected chi connectivity index (χ0v) is 10.9. The number of methoxy groups -OCH3 is 1. The molecule has 0 amide bonds. The first-order valence-corrected chi connectivity index (χ1v) is 5.71. The molecule has 100 valence electrons. The maximum Gasteiger partial charge on any atom is 0.338 e. The molecule has 0 aliphatic rings. The Morgan fingerprint density at radius 3 is 2.78 bits per heavy atom. The number of carboxylic acid groups (broad SMARTS) is 1. The van der Waals surface area contributed by atoms with Gasteiger partial charge in [-0.15, -0.1) is 0 Å². The molecule has 0 radical (unpaired) electrons. The molecular weight excluding hydrogens is 234 g/mol. The summed E-state index contributed by atoms with van der Waals surface area (Å²) in [7, 11) is 1.61. The number of carboxylic acids is 1. The number of nitrogens with two attached hydrogens (primary N) is 1. The van der Waals surface area contributed by atoms with Crippen LogP contribution in [0.1, 0.15) is 24.2 Å². The zero-order valence-electron chi connectivity index (χ0n) is 10.9. The molecule has 0 bridgehead atoms. The predicted octanol–water partition coefficient (Wildman–Crippen LogP) is 1.22. The molecule has 0 spiro atoms. The van der Waals surface area contributed by atoms with E-state index in [1.165, 1.54) is 12.3 Å². The number of hydrogen-bond acceptors (Lipinski definition) is 5. The molecule has 3 N–H and O–H groups in total. The van der Waals surface area contributed by atoms with Crippen LogP contribution in [0.25, 0.3) is 0 Å². The minimum absolute atomic E-state index is 0.142. The van der Waals surface area contributed by atoms with E-state index < -0.39 is 5.97 Å². The van der Waals surface area contributed by atoms with Crippen molar-refractivity contribution in [2.24, 2.45) is 0 Å². The van der Waals surface area contributed by atoms with Gasteiger partial charge in [0, 0.05) is 19.7 Å². The highest BCUT2D eigenvalue weighted by Gasteiger charge is 2.19. The monoisotopic (exact) mass is 253 g/mol. The number of nitrogens with zero attached hydrogens (tertiary/aromatic N) is 2. The fourth-order valence-electron chi connectivity index (χ4n) is 1.71. The van der Waals surface area contributed by atoms with Gasteiger partial charge in [-0.25, -0.2) is 9.78 Å². The van der Waals surface area contributed by atoms with Gasteiger partial charge in [-0.2, -0.15) is 0 Å². The molecule has 1 aromatic heterocycles. The van der Waals surface area contributed by atoms with E-state index in [4.69, 9.17) is 10.5 Å². The molecule has 1 heterocycles. The Morgan fingerprint density at radius 1 is 1.61 bits per heavy atom. The lowest BCUT2D eigenvalue weighted by Gasteiger charge is -2.29. The Kier molecular flexibility index (Phi) is 4.91. The zero-order chi connectivity index (χ0) is 13.7. The van der Waals surface area contributed by atoms with Gasteiger partial charge in [-0.05, 0) is 19.9 Å². The average molecular weight is 253 g/mol. The highest BCUT2D eigenvalue weighted by Crippen LogP contribution is 2.23. The summed E-state index contributed by atoms with van der Waals surface area (Å²) in [4.78, 5) is 17.1. The maximum atomic E-state index is 11.2. The largest absolute Gasteiger partial charge is 0.478 e. The van der Waals surface area contributed by atoms with Crippen molar-refractivity contribution >= 4 is 17.5 Å². The third-order valence-electron chi connectivity index (χ3n) is 2.60. The van der Waals surface area contributed by atoms with Crippen LogP contribution in [0.3, 0.4) is 0 Å². The van der Waals surface area contributed by atoms with Crippen molar-refractivity contribution < 1.29 is 14.6 Å². The van der Waals surface area contributed by atoms with E-state index in [9.17, 15) is 9.90 Å². The van der Waals surface area contributed by atoms with Gasteiger partial charge in [0.1, 0.15) is 5.82 Å². The number of nitrogen functional groups attached to an aromatic ring is 1. The molecule has 0 unspecified atom stereocenters. The van der Waals surface area contributed by atoms with Crippen molar-refractivity contribution in [3.05, 3.63) is 17.8 Å². The molecule has 1 rings (SSSR count). The number of anilines is 2. The molecule has 18 heavy (non-hydrogen) atoms. The van der Waals surface area contributed by atoms with Gasteiger partial charge in [0.15, 0.2) is 0 Å². The first kappa shape index (κ1) is 14.2. The molecule has 0 aromatic carbocycles.